The third-order valence-corrected chi connectivity index (χ3v) is 3.41. The van der Waals surface area contributed by atoms with E-state index in [9.17, 15) is 4.39 Å². The topological polar surface area (TPSA) is 40.7 Å². The number of H-pyrrole nitrogens is 1. The quantitative estimate of drug-likeness (QED) is 0.871. The first-order valence-corrected chi connectivity index (χ1v) is 6.32. The Morgan fingerprint density at radius 1 is 1.39 bits per heavy atom. The minimum atomic E-state index is -0.219. The summed E-state index contributed by atoms with van der Waals surface area (Å²) in [6, 6.07) is 6.57. The van der Waals surface area contributed by atoms with Gasteiger partial charge in [-0.15, -0.1) is 0 Å². The fraction of sp³-hybridized carbons (Fsp3) is 0.357. The van der Waals surface area contributed by atoms with Crippen molar-refractivity contribution in [3.05, 3.63) is 42.1 Å². The van der Waals surface area contributed by atoms with E-state index in [1.54, 1.807) is 12.3 Å². The van der Waals surface area contributed by atoms with Gasteiger partial charge in [-0.1, -0.05) is 12.1 Å². The number of hydrogen-bond acceptors (Lipinski definition) is 2. The maximum absolute atomic E-state index is 13.1. The number of nitrogens with zero attached hydrogens (tertiary/aromatic N) is 1. The molecule has 94 valence electrons. The summed E-state index contributed by atoms with van der Waals surface area (Å²) in [5.74, 6) is 1.43. The van der Waals surface area contributed by atoms with Crippen LogP contribution in [0.5, 0.6) is 0 Å². The van der Waals surface area contributed by atoms with Crippen LogP contribution in [0.1, 0.15) is 12.2 Å². The summed E-state index contributed by atoms with van der Waals surface area (Å²) in [5.41, 5.74) is 1.73. The highest BCUT2D eigenvalue weighted by Crippen LogP contribution is 2.20. The molecule has 2 N–H and O–H groups in total. The van der Waals surface area contributed by atoms with Crippen LogP contribution in [0, 0.1) is 11.7 Å². The number of imidazole rings is 1. The van der Waals surface area contributed by atoms with E-state index in [1.165, 1.54) is 18.6 Å². The number of rotatable bonds is 3. The number of hydrogen-bond donors (Lipinski definition) is 2. The zero-order valence-corrected chi connectivity index (χ0v) is 10.1. The Hall–Kier alpha value is -1.68. The number of benzene rings is 1. The van der Waals surface area contributed by atoms with Crippen LogP contribution in [-0.2, 0) is 6.42 Å². The molecule has 18 heavy (non-hydrogen) atoms. The molecule has 0 bridgehead atoms. The van der Waals surface area contributed by atoms with Crippen molar-refractivity contribution in [3.63, 3.8) is 0 Å². The summed E-state index contributed by atoms with van der Waals surface area (Å²) in [6.07, 6.45) is 3.95. The molecule has 1 aromatic heterocycles. The van der Waals surface area contributed by atoms with Gasteiger partial charge in [0.05, 0.1) is 11.9 Å². The highest BCUT2D eigenvalue weighted by molar-refractivity contribution is 5.58. The van der Waals surface area contributed by atoms with Crippen LogP contribution in [0.15, 0.2) is 30.5 Å². The van der Waals surface area contributed by atoms with Crippen LogP contribution < -0.4 is 5.32 Å². The average Bonchev–Trinajstić information content (AvgIpc) is 3.01. The Morgan fingerprint density at radius 3 is 3.11 bits per heavy atom. The van der Waals surface area contributed by atoms with Gasteiger partial charge in [0.2, 0.25) is 0 Å². The predicted octanol–water partition coefficient (Wildman–Crippen LogP) is 2.37. The second-order valence-corrected chi connectivity index (χ2v) is 4.82. The summed E-state index contributed by atoms with van der Waals surface area (Å²) in [5, 5.41) is 3.35. The lowest BCUT2D eigenvalue weighted by Crippen LogP contribution is -2.11. The number of aromatic amines is 1. The van der Waals surface area contributed by atoms with Gasteiger partial charge in [-0.3, -0.25) is 0 Å². The Kier molecular flexibility index (Phi) is 3.11. The minimum absolute atomic E-state index is 0.219. The number of halogens is 1. The van der Waals surface area contributed by atoms with Gasteiger partial charge in [-0.05, 0) is 37.6 Å². The molecule has 0 amide bonds. The molecule has 2 heterocycles. The first-order chi connectivity index (χ1) is 8.81. The van der Waals surface area contributed by atoms with E-state index in [0.29, 0.717) is 5.92 Å². The number of nitrogens with one attached hydrogen (secondary N) is 2. The van der Waals surface area contributed by atoms with Crippen molar-refractivity contribution in [1.82, 2.24) is 15.3 Å². The van der Waals surface area contributed by atoms with Gasteiger partial charge in [0, 0.05) is 12.0 Å². The molecule has 3 rings (SSSR count). The van der Waals surface area contributed by atoms with E-state index in [2.05, 4.69) is 15.3 Å². The molecule has 3 nitrogen and oxygen atoms in total. The van der Waals surface area contributed by atoms with E-state index in [0.717, 1.165) is 36.6 Å². The second-order valence-electron chi connectivity index (χ2n) is 4.82. The monoisotopic (exact) mass is 245 g/mol. The molecule has 1 aromatic carbocycles. The van der Waals surface area contributed by atoms with Gasteiger partial charge < -0.3 is 10.3 Å². The lowest BCUT2D eigenvalue weighted by Gasteiger charge is -2.04. The summed E-state index contributed by atoms with van der Waals surface area (Å²) in [7, 11) is 0. The molecule has 1 saturated heterocycles. The SMILES string of the molecule is Fc1cccc(-c2cnc(CC3CCNC3)[nH]2)c1. The fourth-order valence-corrected chi connectivity index (χ4v) is 2.43. The third kappa shape index (κ3) is 2.43. The molecule has 1 fully saturated rings. The van der Waals surface area contributed by atoms with Gasteiger partial charge in [0.25, 0.3) is 0 Å². The lowest BCUT2D eigenvalue weighted by molar-refractivity contribution is 0.565. The highest BCUT2D eigenvalue weighted by Gasteiger charge is 2.16. The normalized spacial score (nSPS) is 19.3. The second kappa shape index (κ2) is 4.90. The van der Waals surface area contributed by atoms with Crippen LogP contribution in [-0.4, -0.2) is 23.1 Å². The molecule has 1 unspecified atom stereocenters. The maximum atomic E-state index is 13.1. The first-order valence-electron chi connectivity index (χ1n) is 6.32. The predicted molar refractivity (Wildman–Crippen MR) is 68.7 cm³/mol. The van der Waals surface area contributed by atoms with Crippen LogP contribution in [0.2, 0.25) is 0 Å². The molecule has 0 aliphatic carbocycles. The molecule has 1 aliphatic heterocycles. The van der Waals surface area contributed by atoms with Crippen molar-refractivity contribution in [2.24, 2.45) is 5.92 Å². The zero-order chi connectivity index (χ0) is 12.4. The van der Waals surface area contributed by atoms with Crippen molar-refractivity contribution in [2.45, 2.75) is 12.8 Å². The third-order valence-electron chi connectivity index (χ3n) is 3.41. The molecule has 1 aliphatic rings. The van der Waals surface area contributed by atoms with Gasteiger partial charge in [-0.2, -0.15) is 0 Å². The van der Waals surface area contributed by atoms with Gasteiger partial charge >= 0.3 is 0 Å². The fourth-order valence-electron chi connectivity index (χ4n) is 2.43. The Balaban J connectivity index is 1.76. The van der Waals surface area contributed by atoms with E-state index in [4.69, 9.17) is 0 Å². The van der Waals surface area contributed by atoms with Crippen molar-refractivity contribution < 1.29 is 4.39 Å². The van der Waals surface area contributed by atoms with Crippen molar-refractivity contribution in [1.29, 1.82) is 0 Å². The summed E-state index contributed by atoms with van der Waals surface area (Å²) < 4.78 is 13.1. The largest absolute Gasteiger partial charge is 0.342 e. The van der Waals surface area contributed by atoms with Crippen LogP contribution in [0.4, 0.5) is 4.39 Å². The molecule has 0 saturated carbocycles. The van der Waals surface area contributed by atoms with Crippen molar-refractivity contribution >= 4 is 0 Å². The van der Waals surface area contributed by atoms with Crippen LogP contribution in [0.25, 0.3) is 11.3 Å². The van der Waals surface area contributed by atoms with E-state index in [-0.39, 0.29) is 5.82 Å². The highest BCUT2D eigenvalue weighted by atomic mass is 19.1. The molecular weight excluding hydrogens is 229 g/mol. The average molecular weight is 245 g/mol. The molecule has 0 spiro atoms. The standard InChI is InChI=1S/C14H16FN3/c15-12-3-1-2-11(7-12)13-9-17-14(18-13)6-10-4-5-16-8-10/h1-3,7,9-10,16H,4-6,8H2,(H,17,18). The first kappa shape index (κ1) is 11.4. The smallest absolute Gasteiger partial charge is 0.123 e. The van der Waals surface area contributed by atoms with E-state index < -0.39 is 0 Å². The van der Waals surface area contributed by atoms with E-state index in [1.807, 2.05) is 6.07 Å². The summed E-state index contributed by atoms with van der Waals surface area (Å²) >= 11 is 0. The lowest BCUT2D eigenvalue weighted by atomic mass is 10.1. The molecule has 4 heteroatoms. The zero-order valence-electron chi connectivity index (χ0n) is 10.1. The number of aromatic nitrogens is 2. The van der Waals surface area contributed by atoms with Gasteiger partial charge in [0.1, 0.15) is 11.6 Å². The minimum Gasteiger partial charge on any atom is -0.342 e. The molecular formula is C14H16FN3. The molecule has 0 radical (unpaired) electrons. The summed E-state index contributed by atoms with van der Waals surface area (Å²) in [4.78, 5) is 7.66. The van der Waals surface area contributed by atoms with Gasteiger partial charge in [0.15, 0.2) is 0 Å². The van der Waals surface area contributed by atoms with Gasteiger partial charge in [-0.25, -0.2) is 9.37 Å². The summed E-state index contributed by atoms with van der Waals surface area (Å²) in [6.45, 7) is 2.16. The van der Waals surface area contributed by atoms with Crippen LogP contribution in [0.3, 0.4) is 0 Å². The molecule has 2 aromatic rings. The van der Waals surface area contributed by atoms with Crippen LogP contribution >= 0.6 is 0 Å². The van der Waals surface area contributed by atoms with Crippen molar-refractivity contribution in [3.8, 4) is 11.3 Å². The van der Waals surface area contributed by atoms with E-state index >= 15 is 0 Å². The Bertz CT molecular complexity index is 529. The molecule has 1 atom stereocenters. The maximum Gasteiger partial charge on any atom is 0.123 e. The Labute approximate surface area is 105 Å². The Morgan fingerprint density at radius 2 is 2.33 bits per heavy atom. The van der Waals surface area contributed by atoms with Crippen molar-refractivity contribution in [2.75, 3.05) is 13.1 Å².